The van der Waals surface area contributed by atoms with Gasteiger partial charge in [0.2, 0.25) is 0 Å². The summed E-state index contributed by atoms with van der Waals surface area (Å²) < 4.78 is 0. The number of thiophene rings is 1. The lowest BCUT2D eigenvalue weighted by Gasteiger charge is -2.15. The molecule has 0 aromatic carbocycles. The van der Waals surface area contributed by atoms with Gasteiger partial charge in [-0.1, -0.05) is 6.07 Å². The largest absolute Gasteiger partial charge is 0.325 e. The first kappa shape index (κ1) is 9.75. The molecule has 0 saturated carbocycles. The van der Waals surface area contributed by atoms with Crippen LogP contribution in [0, 0.1) is 11.3 Å². The molecule has 0 bridgehead atoms. The first-order valence-corrected chi connectivity index (χ1v) is 4.87. The van der Waals surface area contributed by atoms with Crippen molar-refractivity contribution in [3.63, 3.8) is 0 Å². The topological polar surface area (TPSA) is 44.1 Å². The molecule has 3 nitrogen and oxygen atoms in total. The van der Waals surface area contributed by atoms with Crippen LogP contribution in [0.25, 0.3) is 0 Å². The Morgan fingerprint density at radius 3 is 3.00 bits per heavy atom. The van der Waals surface area contributed by atoms with Crippen LogP contribution in [0.5, 0.6) is 0 Å². The van der Waals surface area contributed by atoms with Crippen LogP contribution in [-0.2, 0) is 0 Å². The fraction of sp³-hybridized carbons (Fsp3) is 0.333. The zero-order valence-electron chi connectivity index (χ0n) is 7.36. The van der Waals surface area contributed by atoms with E-state index < -0.39 is 0 Å². The molecule has 1 aromatic heterocycles. The van der Waals surface area contributed by atoms with E-state index >= 15 is 0 Å². The van der Waals surface area contributed by atoms with Crippen molar-refractivity contribution in [2.45, 2.75) is 6.92 Å². The highest BCUT2D eigenvalue weighted by atomic mass is 32.1. The summed E-state index contributed by atoms with van der Waals surface area (Å²) in [4.78, 5) is 13.8. The van der Waals surface area contributed by atoms with Gasteiger partial charge in [0.15, 0.2) is 0 Å². The first-order chi connectivity index (χ1) is 6.29. The van der Waals surface area contributed by atoms with E-state index in [9.17, 15) is 4.79 Å². The molecule has 1 rings (SSSR count). The van der Waals surface area contributed by atoms with Gasteiger partial charge in [-0.3, -0.25) is 4.79 Å². The molecule has 1 amide bonds. The highest BCUT2D eigenvalue weighted by molar-refractivity contribution is 7.12. The van der Waals surface area contributed by atoms with Crippen LogP contribution in [-0.4, -0.2) is 23.9 Å². The van der Waals surface area contributed by atoms with Gasteiger partial charge in [-0.05, 0) is 18.4 Å². The minimum absolute atomic E-state index is 0.0564. The number of nitriles is 1. The Kier molecular flexibility index (Phi) is 3.47. The predicted molar refractivity (Wildman–Crippen MR) is 51.5 cm³/mol. The van der Waals surface area contributed by atoms with E-state index in [1.54, 1.807) is 6.07 Å². The molecule has 0 unspecified atom stereocenters. The summed E-state index contributed by atoms with van der Waals surface area (Å²) in [6, 6.07) is 5.57. The number of amides is 1. The average Bonchev–Trinajstić information content (AvgIpc) is 2.65. The molecule has 0 fully saturated rings. The van der Waals surface area contributed by atoms with Crippen molar-refractivity contribution < 1.29 is 4.79 Å². The molecule has 13 heavy (non-hydrogen) atoms. The van der Waals surface area contributed by atoms with E-state index in [4.69, 9.17) is 5.26 Å². The lowest BCUT2D eigenvalue weighted by atomic mass is 10.4. The summed E-state index contributed by atoms with van der Waals surface area (Å²) in [5.41, 5.74) is 0. The Labute approximate surface area is 81.2 Å². The fourth-order valence-electron chi connectivity index (χ4n) is 0.969. The van der Waals surface area contributed by atoms with E-state index in [2.05, 4.69) is 0 Å². The molecule has 0 N–H and O–H groups in total. The average molecular weight is 194 g/mol. The third kappa shape index (κ3) is 2.30. The van der Waals surface area contributed by atoms with Crippen LogP contribution in [0.15, 0.2) is 17.5 Å². The van der Waals surface area contributed by atoms with Gasteiger partial charge < -0.3 is 4.90 Å². The highest BCUT2D eigenvalue weighted by Crippen LogP contribution is 2.11. The van der Waals surface area contributed by atoms with E-state index in [1.165, 1.54) is 16.2 Å². The molecule has 0 aliphatic rings. The van der Waals surface area contributed by atoms with E-state index in [1.807, 2.05) is 24.4 Å². The minimum Gasteiger partial charge on any atom is -0.325 e. The summed E-state index contributed by atoms with van der Waals surface area (Å²) in [6.07, 6.45) is 0. The van der Waals surface area contributed by atoms with Crippen molar-refractivity contribution in [2.24, 2.45) is 0 Å². The van der Waals surface area contributed by atoms with Gasteiger partial charge in [-0.2, -0.15) is 5.26 Å². The number of hydrogen-bond acceptors (Lipinski definition) is 3. The molecule has 0 radical (unpaired) electrons. The third-order valence-electron chi connectivity index (χ3n) is 1.66. The molecule has 0 spiro atoms. The second-order valence-electron chi connectivity index (χ2n) is 2.45. The number of carbonyl (C=O) groups excluding carboxylic acids is 1. The summed E-state index contributed by atoms with van der Waals surface area (Å²) >= 11 is 1.40. The van der Waals surface area contributed by atoms with Gasteiger partial charge in [-0.25, -0.2) is 0 Å². The summed E-state index contributed by atoms with van der Waals surface area (Å²) in [6.45, 7) is 2.60. The van der Waals surface area contributed by atoms with Gasteiger partial charge in [0.1, 0.15) is 6.54 Å². The third-order valence-corrected chi connectivity index (χ3v) is 2.52. The SMILES string of the molecule is CCN(CC#N)C(=O)c1cccs1. The van der Waals surface area contributed by atoms with Crippen molar-refractivity contribution in [1.29, 1.82) is 5.26 Å². The molecule has 0 atom stereocenters. The van der Waals surface area contributed by atoms with Crippen LogP contribution in [0.3, 0.4) is 0 Å². The summed E-state index contributed by atoms with van der Waals surface area (Å²) in [5.74, 6) is -0.0564. The van der Waals surface area contributed by atoms with Crippen LogP contribution in [0.1, 0.15) is 16.6 Å². The van der Waals surface area contributed by atoms with Gasteiger partial charge in [0.25, 0.3) is 5.91 Å². The smallest absolute Gasteiger partial charge is 0.264 e. The Morgan fingerprint density at radius 2 is 2.54 bits per heavy atom. The second kappa shape index (κ2) is 4.63. The monoisotopic (exact) mass is 194 g/mol. The van der Waals surface area contributed by atoms with Crippen molar-refractivity contribution in [3.05, 3.63) is 22.4 Å². The van der Waals surface area contributed by atoms with Crippen LogP contribution in [0.4, 0.5) is 0 Å². The number of carbonyl (C=O) groups is 1. The number of hydrogen-bond donors (Lipinski definition) is 0. The Balaban J connectivity index is 2.72. The molecule has 0 saturated heterocycles. The summed E-state index contributed by atoms with van der Waals surface area (Å²) in [7, 11) is 0. The molecule has 0 aliphatic heterocycles. The lowest BCUT2D eigenvalue weighted by Crippen LogP contribution is -2.30. The predicted octanol–water partition coefficient (Wildman–Crippen LogP) is 1.73. The van der Waals surface area contributed by atoms with E-state index in [0.717, 1.165) is 0 Å². The molecule has 1 aromatic rings. The van der Waals surface area contributed by atoms with Gasteiger partial charge in [-0.15, -0.1) is 11.3 Å². The Hall–Kier alpha value is -1.34. The van der Waals surface area contributed by atoms with Crippen LogP contribution >= 0.6 is 11.3 Å². The molecular formula is C9H10N2OS. The highest BCUT2D eigenvalue weighted by Gasteiger charge is 2.13. The van der Waals surface area contributed by atoms with E-state index in [-0.39, 0.29) is 12.5 Å². The first-order valence-electron chi connectivity index (χ1n) is 3.99. The summed E-state index contributed by atoms with van der Waals surface area (Å²) in [5, 5.41) is 10.3. The van der Waals surface area contributed by atoms with Crippen molar-refractivity contribution in [3.8, 4) is 6.07 Å². The van der Waals surface area contributed by atoms with Crippen LogP contribution < -0.4 is 0 Å². The Bertz CT molecular complexity index is 313. The van der Waals surface area contributed by atoms with Gasteiger partial charge in [0.05, 0.1) is 10.9 Å². The maximum Gasteiger partial charge on any atom is 0.264 e. The number of nitrogens with zero attached hydrogens (tertiary/aromatic N) is 2. The fourth-order valence-corrected chi connectivity index (χ4v) is 1.66. The molecule has 4 heteroatoms. The van der Waals surface area contributed by atoms with Crippen molar-refractivity contribution >= 4 is 17.2 Å². The zero-order chi connectivity index (χ0) is 9.68. The van der Waals surface area contributed by atoms with Crippen molar-refractivity contribution in [2.75, 3.05) is 13.1 Å². The number of rotatable bonds is 3. The second-order valence-corrected chi connectivity index (χ2v) is 3.40. The standard InChI is InChI=1S/C9H10N2OS/c1-2-11(6-5-10)9(12)8-4-3-7-13-8/h3-4,7H,2,6H2,1H3. The molecule has 0 aliphatic carbocycles. The Morgan fingerprint density at radius 1 is 1.77 bits per heavy atom. The van der Waals surface area contributed by atoms with Gasteiger partial charge >= 0.3 is 0 Å². The maximum absolute atomic E-state index is 11.6. The normalized spacial score (nSPS) is 9.23. The molecule has 1 heterocycles. The minimum atomic E-state index is -0.0564. The van der Waals surface area contributed by atoms with E-state index in [0.29, 0.717) is 11.4 Å². The van der Waals surface area contributed by atoms with Crippen LogP contribution in [0.2, 0.25) is 0 Å². The van der Waals surface area contributed by atoms with Crippen molar-refractivity contribution in [1.82, 2.24) is 4.90 Å². The molecular weight excluding hydrogens is 184 g/mol. The lowest BCUT2D eigenvalue weighted by molar-refractivity contribution is 0.0789. The maximum atomic E-state index is 11.6. The molecule has 68 valence electrons. The van der Waals surface area contributed by atoms with Gasteiger partial charge in [0, 0.05) is 6.54 Å². The zero-order valence-corrected chi connectivity index (χ0v) is 8.17. The quantitative estimate of drug-likeness (QED) is 0.688.